The van der Waals surface area contributed by atoms with Crippen molar-refractivity contribution >= 4 is 5.97 Å². The van der Waals surface area contributed by atoms with Gasteiger partial charge in [0.1, 0.15) is 0 Å². The Morgan fingerprint density at radius 2 is 1.56 bits per heavy atom. The van der Waals surface area contributed by atoms with E-state index in [1.165, 1.54) is 38.5 Å². The van der Waals surface area contributed by atoms with E-state index in [-0.39, 0.29) is 0 Å². The summed E-state index contributed by atoms with van der Waals surface area (Å²) in [4.78, 5) is 10.4. The van der Waals surface area contributed by atoms with Crippen LogP contribution in [-0.4, -0.2) is 23.8 Å². The van der Waals surface area contributed by atoms with Crippen LogP contribution < -0.4 is 0 Å². The van der Waals surface area contributed by atoms with E-state index in [1.54, 1.807) is 6.92 Å². The Labute approximate surface area is 99.2 Å². The van der Waals surface area contributed by atoms with Gasteiger partial charge in [-0.05, 0) is 13.3 Å². The molecular formula is C13H26O3. The molecule has 0 aliphatic carbocycles. The van der Waals surface area contributed by atoms with Gasteiger partial charge in [-0.3, -0.25) is 0 Å². The molecule has 96 valence electrons. The van der Waals surface area contributed by atoms with Gasteiger partial charge < -0.3 is 9.84 Å². The Bertz CT molecular complexity index is 169. The Morgan fingerprint density at radius 3 is 2.06 bits per heavy atom. The van der Waals surface area contributed by atoms with Gasteiger partial charge in [0.15, 0.2) is 6.10 Å². The molecule has 0 radical (unpaired) electrons. The Kier molecular flexibility index (Phi) is 10.5. The van der Waals surface area contributed by atoms with Crippen LogP contribution in [0.1, 0.15) is 65.2 Å². The minimum Gasteiger partial charge on any atom is -0.479 e. The van der Waals surface area contributed by atoms with Crippen LogP contribution in [-0.2, 0) is 9.53 Å². The number of carboxylic acid groups (broad SMARTS) is 1. The van der Waals surface area contributed by atoms with Crippen molar-refractivity contribution in [1.29, 1.82) is 0 Å². The van der Waals surface area contributed by atoms with Gasteiger partial charge in [-0.15, -0.1) is 0 Å². The van der Waals surface area contributed by atoms with Crippen molar-refractivity contribution in [3.8, 4) is 0 Å². The van der Waals surface area contributed by atoms with Gasteiger partial charge in [0.05, 0.1) is 0 Å². The van der Waals surface area contributed by atoms with Crippen LogP contribution in [0.15, 0.2) is 0 Å². The Hall–Kier alpha value is -0.570. The summed E-state index contributed by atoms with van der Waals surface area (Å²) in [5, 5.41) is 8.58. The van der Waals surface area contributed by atoms with E-state index >= 15 is 0 Å². The van der Waals surface area contributed by atoms with Crippen molar-refractivity contribution in [2.75, 3.05) is 6.61 Å². The molecule has 16 heavy (non-hydrogen) atoms. The second-order valence-corrected chi connectivity index (χ2v) is 4.33. The molecule has 0 unspecified atom stereocenters. The summed E-state index contributed by atoms with van der Waals surface area (Å²) in [7, 11) is 0. The topological polar surface area (TPSA) is 46.5 Å². The van der Waals surface area contributed by atoms with E-state index in [0.29, 0.717) is 6.61 Å². The second-order valence-electron chi connectivity index (χ2n) is 4.33. The van der Waals surface area contributed by atoms with E-state index in [4.69, 9.17) is 9.84 Å². The molecule has 0 aromatic carbocycles. The van der Waals surface area contributed by atoms with Gasteiger partial charge in [0.2, 0.25) is 0 Å². The van der Waals surface area contributed by atoms with Gasteiger partial charge in [0, 0.05) is 6.61 Å². The molecular weight excluding hydrogens is 204 g/mol. The Morgan fingerprint density at radius 1 is 1.06 bits per heavy atom. The fraction of sp³-hybridized carbons (Fsp3) is 0.923. The smallest absolute Gasteiger partial charge is 0.332 e. The monoisotopic (exact) mass is 230 g/mol. The summed E-state index contributed by atoms with van der Waals surface area (Å²) < 4.78 is 5.15. The first-order valence-electron chi connectivity index (χ1n) is 6.53. The molecule has 0 aliphatic rings. The SMILES string of the molecule is CCCCCCCCCCO[C@H](C)C(=O)O. The predicted molar refractivity (Wildman–Crippen MR) is 65.7 cm³/mol. The third-order valence-electron chi connectivity index (χ3n) is 2.71. The van der Waals surface area contributed by atoms with Crippen molar-refractivity contribution in [2.45, 2.75) is 71.3 Å². The first-order valence-corrected chi connectivity index (χ1v) is 6.53. The van der Waals surface area contributed by atoms with E-state index in [0.717, 1.165) is 12.8 Å². The Balaban J connectivity index is 3.07. The maximum atomic E-state index is 10.4. The zero-order valence-electron chi connectivity index (χ0n) is 10.7. The molecule has 3 heteroatoms. The molecule has 0 saturated carbocycles. The first-order chi connectivity index (χ1) is 7.68. The fourth-order valence-corrected chi connectivity index (χ4v) is 1.57. The van der Waals surface area contributed by atoms with Crippen LogP contribution in [0.4, 0.5) is 0 Å². The van der Waals surface area contributed by atoms with Crippen LogP contribution in [0.5, 0.6) is 0 Å². The summed E-state index contributed by atoms with van der Waals surface area (Å²) in [6.07, 6.45) is 9.33. The highest BCUT2D eigenvalue weighted by atomic mass is 16.5. The highest BCUT2D eigenvalue weighted by molar-refractivity contribution is 5.71. The lowest BCUT2D eigenvalue weighted by Gasteiger charge is -2.07. The van der Waals surface area contributed by atoms with Gasteiger partial charge >= 0.3 is 5.97 Å². The molecule has 0 aliphatic heterocycles. The number of hydrogen-bond acceptors (Lipinski definition) is 2. The van der Waals surface area contributed by atoms with Crippen molar-refractivity contribution < 1.29 is 14.6 Å². The summed E-state index contributed by atoms with van der Waals surface area (Å²) in [6.45, 7) is 4.37. The number of carbonyl (C=O) groups is 1. The average molecular weight is 230 g/mol. The van der Waals surface area contributed by atoms with Gasteiger partial charge in [-0.2, -0.15) is 0 Å². The van der Waals surface area contributed by atoms with E-state index in [9.17, 15) is 4.79 Å². The van der Waals surface area contributed by atoms with Crippen LogP contribution in [0, 0.1) is 0 Å². The molecule has 0 spiro atoms. The summed E-state index contributed by atoms with van der Waals surface area (Å²) >= 11 is 0. The van der Waals surface area contributed by atoms with Gasteiger partial charge in [-0.25, -0.2) is 4.79 Å². The zero-order valence-corrected chi connectivity index (χ0v) is 10.7. The minimum atomic E-state index is -0.875. The molecule has 0 fully saturated rings. The lowest BCUT2D eigenvalue weighted by Crippen LogP contribution is -2.20. The van der Waals surface area contributed by atoms with Crippen LogP contribution in [0.3, 0.4) is 0 Å². The minimum absolute atomic E-state index is 0.572. The number of unbranched alkanes of at least 4 members (excludes halogenated alkanes) is 7. The van der Waals surface area contributed by atoms with Crippen LogP contribution in [0.2, 0.25) is 0 Å². The first kappa shape index (κ1) is 15.4. The molecule has 0 aromatic rings. The molecule has 1 N–H and O–H groups in total. The van der Waals surface area contributed by atoms with E-state index in [2.05, 4.69) is 6.92 Å². The molecule has 0 heterocycles. The average Bonchev–Trinajstić information content (AvgIpc) is 2.26. The maximum absolute atomic E-state index is 10.4. The molecule has 0 rings (SSSR count). The highest BCUT2D eigenvalue weighted by Gasteiger charge is 2.09. The fourth-order valence-electron chi connectivity index (χ4n) is 1.57. The number of aliphatic carboxylic acids is 1. The van der Waals surface area contributed by atoms with Gasteiger partial charge in [0.25, 0.3) is 0 Å². The molecule has 0 saturated heterocycles. The third kappa shape index (κ3) is 9.97. The number of rotatable bonds is 11. The lowest BCUT2D eigenvalue weighted by atomic mass is 10.1. The van der Waals surface area contributed by atoms with Gasteiger partial charge in [-0.1, -0.05) is 51.9 Å². The second kappa shape index (κ2) is 10.9. The molecule has 0 amide bonds. The normalized spacial score (nSPS) is 12.6. The number of hydrogen-bond donors (Lipinski definition) is 1. The molecule has 3 nitrogen and oxygen atoms in total. The summed E-state index contributed by atoms with van der Waals surface area (Å²) in [5.41, 5.74) is 0. The van der Waals surface area contributed by atoms with Crippen molar-refractivity contribution in [1.82, 2.24) is 0 Å². The molecule has 0 aromatic heterocycles. The number of ether oxygens (including phenoxy) is 1. The van der Waals surface area contributed by atoms with Crippen molar-refractivity contribution in [2.24, 2.45) is 0 Å². The standard InChI is InChI=1S/C13H26O3/c1-3-4-5-6-7-8-9-10-11-16-12(2)13(14)15/h12H,3-11H2,1-2H3,(H,14,15)/t12-/m1/s1. The van der Waals surface area contributed by atoms with Crippen molar-refractivity contribution in [3.63, 3.8) is 0 Å². The predicted octanol–water partition coefficient (Wildman–Crippen LogP) is 3.62. The summed E-state index contributed by atoms with van der Waals surface area (Å²) in [6, 6.07) is 0. The maximum Gasteiger partial charge on any atom is 0.332 e. The van der Waals surface area contributed by atoms with Crippen LogP contribution in [0.25, 0.3) is 0 Å². The van der Waals surface area contributed by atoms with E-state index < -0.39 is 12.1 Å². The quantitative estimate of drug-likeness (QED) is 0.551. The number of carboxylic acids is 1. The highest BCUT2D eigenvalue weighted by Crippen LogP contribution is 2.08. The summed E-state index contributed by atoms with van der Waals surface area (Å²) in [5.74, 6) is -0.875. The van der Waals surface area contributed by atoms with E-state index in [1.807, 2.05) is 0 Å². The molecule has 1 atom stereocenters. The third-order valence-corrected chi connectivity index (χ3v) is 2.71. The molecule has 0 bridgehead atoms. The van der Waals surface area contributed by atoms with Crippen molar-refractivity contribution in [3.05, 3.63) is 0 Å². The zero-order chi connectivity index (χ0) is 12.2. The lowest BCUT2D eigenvalue weighted by molar-refractivity contribution is -0.149. The largest absolute Gasteiger partial charge is 0.479 e. The van der Waals surface area contributed by atoms with Crippen LogP contribution >= 0.6 is 0 Å².